The second kappa shape index (κ2) is 12.3. The third-order valence-electron chi connectivity index (χ3n) is 5.58. The lowest BCUT2D eigenvalue weighted by atomic mass is 10.0. The molecule has 1 atom stereocenters. The molecule has 1 aliphatic rings. The highest BCUT2D eigenvalue weighted by atomic mass is 16.5. The highest BCUT2D eigenvalue weighted by Crippen LogP contribution is 2.24. The molecule has 1 heterocycles. The molecule has 1 unspecified atom stereocenters. The lowest BCUT2D eigenvalue weighted by Crippen LogP contribution is -2.43. The van der Waals surface area contributed by atoms with Gasteiger partial charge in [0.1, 0.15) is 11.5 Å². The molecule has 1 fully saturated rings. The van der Waals surface area contributed by atoms with Crippen LogP contribution in [0.1, 0.15) is 48.1 Å². The minimum Gasteiger partial charge on any atom is -0.497 e. The van der Waals surface area contributed by atoms with E-state index in [0.29, 0.717) is 31.9 Å². The molecule has 1 N–H and O–H groups in total. The first-order valence-corrected chi connectivity index (χ1v) is 11.2. The summed E-state index contributed by atoms with van der Waals surface area (Å²) < 4.78 is 16.5. The Morgan fingerprint density at radius 2 is 1.71 bits per heavy atom. The Morgan fingerprint density at radius 3 is 2.35 bits per heavy atom. The maximum Gasteiger partial charge on any atom is 0.251 e. The molecule has 0 aliphatic carbocycles. The predicted molar refractivity (Wildman–Crippen MR) is 122 cm³/mol. The smallest absolute Gasteiger partial charge is 0.251 e. The van der Waals surface area contributed by atoms with E-state index in [-0.39, 0.29) is 11.9 Å². The van der Waals surface area contributed by atoms with E-state index in [1.807, 2.05) is 36.4 Å². The number of carbonyl (C=O) groups is 1. The van der Waals surface area contributed by atoms with Crippen LogP contribution in [0.4, 0.5) is 0 Å². The molecule has 0 spiro atoms. The Hall–Kier alpha value is -2.57. The van der Waals surface area contributed by atoms with Crippen molar-refractivity contribution < 1.29 is 19.0 Å². The molecule has 2 aromatic rings. The van der Waals surface area contributed by atoms with Gasteiger partial charge in [-0.1, -0.05) is 31.9 Å². The van der Waals surface area contributed by atoms with Crippen LogP contribution in [0.5, 0.6) is 11.5 Å². The average molecular weight is 427 g/mol. The molecule has 0 saturated carbocycles. The molecule has 0 aromatic heterocycles. The average Bonchev–Trinajstić information content (AvgIpc) is 2.83. The van der Waals surface area contributed by atoms with Crippen LogP contribution in [-0.2, 0) is 4.74 Å². The zero-order valence-electron chi connectivity index (χ0n) is 18.6. The van der Waals surface area contributed by atoms with Gasteiger partial charge in [-0.05, 0) is 48.4 Å². The van der Waals surface area contributed by atoms with Gasteiger partial charge >= 0.3 is 0 Å². The van der Waals surface area contributed by atoms with E-state index in [1.165, 1.54) is 12.8 Å². The minimum absolute atomic E-state index is 0.0793. The Balaban J connectivity index is 1.60. The van der Waals surface area contributed by atoms with Crippen LogP contribution in [0.3, 0.4) is 0 Å². The number of carbonyl (C=O) groups excluding carboxylic acids is 1. The predicted octanol–water partition coefficient (Wildman–Crippen LogP) is 4.07. The van der Waals surface area contributed by atoms with E-state index in [1.54, 1.807) is 7.11 Å². The molecule has 1 amide bonds. The number of nitrogens with one attached hydrogen (secondary N) is 1. The molecule has 6 heteroatoms. The van der Waals surface area contributed by atoms with Gasteiger partial charge in [-0.25, -0.2) is 0 Å². The third-order valence-corrected chi connectivity index (χ3v) is 5.58. The lowest BCUT2D eigenvalue weighted by molar-refractivity contribution is 0.0162. The fraction of sp³-hybridized carbons (Fsp3) is 0.480. The Bertz CT molecular complexity index is 786. The van der Waals surface area contributed by atoms with Crippen molar-refractivity contribution in [1.82, 2.24) is 10.2 Å². The van der Waals surface area contributed by atoms with Gasteiger partial charge in [-0.15, -0.1) is 0 Å². The summed E-state index contributed by atoms with van der Waals surface area (Å²) in [7, 11) is 1.66. The fourth-order valence-electron chi connectivity index (χ4n) is 3.71. The van der Waals surface area contributed by atoms with Crippen molar-refractivity contribution in [3.8, 4) is 11.5 Å². The number of hydrogen-bond acceptors (Lipinski definition) is 5. The van der Waals surface area contributed by atoms with E-state index < -0.39 is 0 Å². The van der Waals surface area contributed by atoms with Crippen molar-refractivity contribution in [2.45, 2.75) is 32.2 Å². The van der Waals surface area contributed by atoms with E-state index in [4.69, 9.17) is 14.2 Å². The van der Waals surface area contributed by atoms with Gasteiger partial charge in [0.05, 0.1) is 33.0 Å². The highest BCUT2D eigenvalue weighted by molar-refractivity contribution is 5.94. The molecular weight excluding hydrogens is 392 g/mol. The van der Waals surface area contributed by atoms with Gasteiger partial charge in [0.25, 0.3) is 5.91 Å². The van der Waals surface area contributed by atoms with Gasteiger partial charge < -0.3 is 19.5 Å². The standard InChI is InChI=1S/C25H34N2O4/c1-3-4-5-16-31-23-12-8-21(9-13-23)25(28)26-19-24(27-14-17-30-18-15-27)20-6-10-22(29-2)11-7-20/h6-13,24H,3-5,14-19H2,1-2H3,(H,26,28). The number of morpholine rings is 1. The maximum atomic E-state index is 12.8. The van der Waals surface area contributed by atoms with Crippen molar-refractivity contribution in [1.29, 1.82) is 0 Å². The quantitative estimate of drug-likeness (QED) is 0.549. The summed E-state index contributed by atoms with van der Waals surface area (Å²) in [6.45, 7) is 6.52. The van der Waals surface area contributed by atoms with E-state index in [0.717, 1.165) is 36.6 Å². The highest BCUT2D eigenvalue weighted by Gasteiger charge is 2.23. The number of benzene rings is 2. The molecule has 0 radical (unpaired) electrons. The van der Waals surface area contributed by atoms with Crippen LogP contribution in [-0.4, -0.2) is 57.4 Å². The number of rotatable bonds is 11. The van der Waals surface area contributed by atoms with Crippen molar-refractivity contribution in [3.05, 3.63) is 59.7 Å². The molecule has 2 aromatic carbocycles. The topological polar surface area (TPSA) is 60.0 Å². The third kappa shape index (κ3) is 6.97. The molecule has 1 aliphatic heterocycles. The molecule has 168 valence electrons. The molecular formula is C25H34N2O4. The number of methoxy groups -OCH3 is 1. The number of unbranched alkanes of at least 4 members (excludes halogenated alkanes) is 2. The van der Waals surface area contributed by atoms with Crippen LogP contribution in [0, 0.1) is 0 Å². The zero-order valence-corrected chi connectivity index (χ0v) is 18.6. The molecule has 0 bridgehead atoms. The van der Waals surface area contributed by atoms with E-state index in [2.05, 4.69) is 29.3 Å². The minimum atomic E-state index is -0.0793. The first kappa shape index (κ1) is 23.1. The van der Waals surface area contributed by atoms with Crippen molar-refractivity contribution in [2.24, 2.45) is 0 Å². The monoisotopic (exact) mass is 426 g/mol. The largest absolute Gasteiger partial charge is 0.497 e. The summed E-state index contributed by atoms with van der Waals surface area (Å²) >= 11 is 0. The van der Waals surface area contributed by atoms with E-state index >= 15 is 0 Å². The Kier molecular flexibility index (Phi) is 9.18. The maximum absolute atomic E-state index is 12.8. The van der Waals surface area contributed by atoms with Crippen LogP contribution >= 0.6 is 0 Å². The number of hydrogen-bond donors (Lipinski definition) is 1. The zero-order chi connectivity index (χ0) is 21.9. The molecule has 3 rings (SSSR count). The van der Waals surface area contributed by atoms with Crippen LogP contribution < -0.4 is 14.8 Å². The van der Waals surface area contributed by atoms with Crippen LogP contribution in [0.25, 0.3) is 0 Å². The van der Waals surface area contributed by atoms with Crippen molar-refractivity contribution in [2.75, 3.05) is 46.6 Å². The van der Waals surface area contributed by atoms with Gasteiger partial charge in [0.15, 0.2) is 0 Å². The van der Waals surface area contributed by atoms with Gasteiger partial charge in [-0.2, -0.15) is 0 Å². The number of amides is 1. The molecule has 31 heavy (non-hydrogen) atoms. The number of nitrogens with zero attached hydrogens (tertiary/aromatic N) is 1. The van der Waals surface area contributed by atoms with Crippen LogP contribution in [0.15, 0.2) is 48.5 Å². The Labute approximate surface area is 185 Å². The summed E-state index contributed by atoms with van der Waals surface area (Å²) in [5.41, 5.74) is 1.79. The van der Waals surface area contributed by atoms with Gasteiger partial charge in [0.2, 0.25) is 0 Å². The summed E-state index contributed by atoms with van der Waals surface area (Å²) in [5, 5.41) is 3.11. The van der Waals surface area contributed by atoms with Crippen molar-refractivity contribution in [3.63, 3.8) is 0 Å². The second-order valence-electron chi connectivity index (χ2n) is 7.73. The summed E-state index contributed by atoms with van der Waals surface area (Å²) in [5.74, 6) is 1.55. The van der Waals surface area contributed by atoms with Crippen LogP contribution in [0.2, 0.25) is 0 Å². The first-order valence-electron chi connectivity index (χ1n) is 11.2. The molecule has 1 saturated heterocycles. The second-order valence-corrected chi connectivity index (χ2v) is 7.73. The normalized spacial score (nSPS) is 15.3. The lowest BCUT2D eigenvalue weighted by Gasteiger charge is -2.35. The van der Waals surface area contributed by atoms with Gasteiger partial charge in [-0.3, -0.25) is 9.69 Å². The number of ether oxygens (including phenoxy) is 3. The SMILES string of the molecule is CCCCCOc1ccc(C(=O)NCC(c2ccc(OC)cc2)N2CCOCC2)cc1. The van der Waals surface area contributed by atoms with E-state index in [9.17, 15) is 4.79 Å². The van der Waals surface area contributed by atoms with Crippen molar-refractivity contribution >= 4 is 5.91 Å². The summed E-state index contributed by atoms with van der Waals surface area (Å²) in [6, 6.07) is 15.5. The fourth-order valence-corrected chi connectivity index (χ4v) is 3.71. The van der Waals surface area contributed by atoms with Gasteiger partial charge in [0, 0.05) is 25.2 Å². The first-order chi connectivity index (χ1) is 15.2. The summed E-state index contributed by atoms with van der Waals surface area (Å²) in [4.78, 5) is 15.1. The summed E-state index contributed by atoms with van der Waals surface area (Å²) in [6.07, 6.45) is 3.39. The Morgan fingerprint density at radius 1 is 1.03 bits per heavy atom. The molecule has 6 nitrogen and oxygen atoms in total.